The monoisotopic (exact) mass is 379 g/mol. The number of nitrogens with zero attached hydrogens (tertiary/aromatic N) is 1. The molecule has 0 aromatic heterocycles. The summed E-state index contributed by atoms with van der Waals surface area (Å²) in [4.78, 5) is 37.9. The summed E-state index contributed by atoms with van der Waals surface area (Å²) in [6.45, 7) is 3.29. The molecule has 0 atom stereocenters. The first-order chi connectivity index (χ1) is 13.6. The van der Waals surface area contributed by atoms with Gasteiger partial charge in [-0.1, -0.05) is 37.3 Å². The van der Waals surface area contributed by atoms with Gasteiger partial charge in [0.2, 0.25) is 11.8 Å². The molecule has 146 valence electrons. The van der Waals surface area contributed by atoms with E-state index in [0.717, 1.165) is 36.2 Å². The zero-order chi connectivity index (χ0) is 19.9. The number of rotatable bonds is 7. The summed E-state index contributed by atoms with van der Waals surface area (Å²) in [6.07, 6.45) is 2.34. The van der Waals surface area contributed by atoms with Gasteiger partial charge in [0.05, 0.1) is 6.54 Å². The van der Waals surface area contributed by atoms with Crippen LogP contribution in [0.15, 0.2) is 48.5 Å². The Morgan fingerprint density at radius 3 is 2.50 bits per heavy atom. The highest BCUT2D eigenvalue weighted by atomic mass is 16.2. The molecule has 1 fully saturated rings. The van der Waals surface area contributed by atoms with Gasteiger partial charge in [0.15, 0.2) is 0 Å². The summed E-state index contributed by atoms with van der Waals surface area (Å²) in [5.74, 6) is -0.390. The van der Waals surface area contributed by atoms with Crippen molar-refractivity contribution in [1.29, 1.82) is 0 Å². The summed E-state index contributed by atoms with van der Waals surface area (Å²) in [6, 6.07) is 14.7. The Bertz CT molecular complexity index is 862. The van der Waals surface area contributed by atoms with E-state index in [9.17, 15) is 14.4 Å². The smallest absolute Gasteiger partial charge is 0.251 e. The Morgan fingerprint density at radius 2 is 1.82 bits per heavy atom. The lowest BCUT2D eigenvalue weighted by molar-refractivity contribution is -0.128. The number of carbonyl (C=O) groups excluding carboxylic acids is 3. The highest BCUT2D eigenvalue weighted by molar-refractivity contribution is 5.99. The summed E-state index contributed by atoms with van der Waals surface area (Å²) >= 11 is 0. The van der Waals surface area contributed by atoms with E-state index in [-0.39, 0.29) is 24.3 Å². The first-order valence-electron chi connectivity index (χ1n) is 9.59. The Kier molecular flexibility index (Phi) is 6.42. The zero-order valence-electron chi connectivity index (χ0n) is 16.0. The predicted octanol–water partition coefficient (Wildman–Crippen LogP) is 2.74. The second kappa shape index (κ2) is 9.17. The molecule has 0 radical (unpaired) electrons. The standard InChI is InChI=1S/C22H25N3O3/c1-2-17-6-3-4-7-19(17)24-20(26)14-23-22(28)18-11-9-16(10-12-18)15-25-13-5-8-21(25)27/h3-4,6-7,9-12H,2,5,8,13-15H2,1H3,(H,23,28)(H,24,26). The van der Waals surface area contributed by atoms with Gasteiger partial charge in [0.25, 0.3) is 5.91 Å². The molecule has 1 heterocycles. The first kappa shape index (κ1) is 19.6. The van der Waals surface area contributed by atoms with E-state index in [1.54, 1.807) is 12.1 Å². The van der Waals surface area contributed by atoms with Crippen LogP contribution in [0.4, 0.5) is 5.69 Å². The molecule has 1 aliphatic heterocycles. The molecule has 1 aliphatic rings. The minimum absolute atomic E-state index is 0.0963. The summed E-state index contributed by atoms with van der Waals surface area (Å²) in [5.41, 5.74) is 3.29. The summed E-state index contributed by atoms with van der Waals surface area (Å²) < 4.78 is 0. The van der Waals surface area contributed by atoms with Crippen molar-refractivity contribution in [2.24, 2.45) is 0 Å². The van der Waals surface area contributed by atoms with Gasteiger partial charge in [-0.2, -0.15) is 0 Å². The minimum atomic E-state index is -0.303. The Hall–Kier alpha value is -3.15. The van der Waals surface area contributed by atoms with Gasteiger partial charge >= 0.3 is 0 Å². The molecule has 2 aromatic carbocycles. The fraction of sp³-hybridized carbons (Fsp3) is 0.318. The summed E-state index contributed by atoms with van der Waals surface area (Å²) in [7, 11) is 0. The molecular formula is C22H25N3O3. The van der Waals surface area contributed by atoms with Crippen molar-refractivity contribution in [2.75, 3.05) is 18.4 Å². The molecule has 28 heavy (non-hydrogen) atoms. The van der Waals surface area contributed by atoms with E-state index < -0.39 is 0 Å². The maximum Gasteiger partial charge on any atom is 0.251 e. The van der Waals surface area contributed by atoms with Crippen LogP contribution in [0.1, 0.15) is 41.3 Å². The molecule has 0 unspecified atom stereocenters. The van der Waals surface area contributed by atoms with Crippen molar-refractivity contribution in [3.63, 3.8) is 0 Å². The van der Waals surface area contributed by atoms with E-state index in [4.69, 9.17) is 0 Å². The third kappa shape index (κ3) is 4.97. The Balaban J connectivity index is 1.50. The number of likely N-dealkylation sites (tertiary alicyclic amines) is 1. The van der Waals surface area contributed by atoms with E-state index >= 15 is 0 Å². The average molecular weight is 379 g/mol. The van der Waals surface area contributed by atoms with Crippen molar-refractivity contribution in [3.05, 3.63) is 65.2 Å². The van der Waals surface area contributed by atoms with Gasteiger partial charge in [-0.05, 0) is 42.2 Å². The van der Waals surface area contributed by atoms with Crippen molar-refractivity contribution >= 4 is 23.4 Å². The van der Waals surface area contributed by atoms with Crippen molar-refractivity contribution in [3.8, 4) is 0 Å². The lowest BCUT2D eigenvalue weighted by Gasteiger charge is -2.15. The maximum absolute atomic E-state index is 12.3. The van der Waals surface area contributed by atoms with Crippen molar-refractivity contribution < 1.29 is 14.4 Å². The highest BCUT2D eigenvalue weighted by Crippen LogP contribution is 2.16. The van der Waals surface area contributed by atoms with E-state index in [1.807, 2.05) is 48.2 Å². The van der Waals surface area contributed by atoms with Crippen LogP contribution in [0.5, 0.6) is 0 Å². The van der Waals surface area contributed by atoms with Gasteiger partial charge < -0.3 is 15.5 Å². The number of nitrogens with one attached hydrogen (secondary N) is 2. The minimum Gasteiger partial charge on any atom is -0.343 e. The number of carbonyl (C=O) groups is 3. The molecular weight excluding hydrogens is 354 g/mol. The van der Waals surface area contributed by atoms with E-state index in [1.165, 1.54) is 0 Å². The van der Waals surface area contributed by atoms with Crippen LogP contribution < -0.4 is 10.6 Å². The number of hydrogen-bond acceptors (Lipinski definition) is 3. The molecule has 2 aromatic rings. The van der Waals surface area contributed by atoms with Gasteiger partial charge in [0, 0.05) is 30.8 Å². The molecule has 3 rings (SSSR count). The first-order valence-corrected chi connectivity index (χ1v) is 9.59. The van der Waals surface area contributed by atoms with Gasteiger partial charge in [0.1, 0.15) is 0 Å². The molecule has 3 amide bonds. The number of aryl methyl sites for hydroxylation is 1. The lowest BCUT2D eigenvalue weighted by Crippen LogP contribution is -2.33. The van der Waals surface area contributed by atoms with Crippen LogP contribution in [0.3, 0.4) is 0 Å². The Morgan fingerprint density at radius 1 is 1.07 bits per heavy atom. The molecule has 1 saturated heterocycles. The zero-order valence-corrected chi connectivity index (χ0v) is 16.0. The fourth-order valence-electron chi connectivity index (χ4n) is 3.26. The predicted molar refractivity (Wildman–Crippen MR) is 108 cm³/mol. The fourth-order valence-corrected chi connectivity index (χ4v) is 3.26. The van der Waals surface area contributed by atoms with Gasteiger partial charge in [-0.15, -0.1) is 0 Å². The number of para-hydroxylation sites is 1. The number of benzene rings is 2. The molecule has 2 N–H and O–H groups in total. The van der Waals surface area contributed by atoms with Crippen LogP contribution in [0.2, 0.25) is 0 Å². The average Bonchev–Trinajstić information content (AvgIpc) is 3.11. The highest BCUT2D eigenvalue weighted by Gasteiger charge is 2.20. The van der Waals surface area contributed by atoms with Crippen LogP contribution in [0, 0.1) is 0 Å². The number of amides is 3. The number of anilines is 1. The van der Waals surface area contributed by atoms with Crippen LogP contribution in [0.25, 0.3) is 0 Å². The third-order valence-electron chi connectivity index (χ3n) is 4.84. The van der Waals surface area contributed by atoms with Gasteiger partial charge in [-0.25, -0.2) is 0 Å². The van der Waals surface area contributed by atoms with Gasteiger partial charge in [-0.3, -0.25) is 14.4 Å². The topological polar surface area (TPSA) is 78.5 Å². The molecule has 6 nitrogen and oxygen atoms in total. The van der Waals surface area contributed by atoms with E-state index in [2.05, 4.69) is 10.6 Å². The quantitative estimate of drug-likeness (QED) is 0.776. The lowest BCUT2D eigenvalue weighted by atomic mass is 10.1. The second-order valence-electron chi connectivity index (χ2n) is 6.86. The van der Waals surface area contributed by atoms with Crippen LogP contribution >= 0.6 is 0 Å². The normalized spacial score (nSPS) is 13.5. The molecule has 6 heteroatoms. The maximum atomic E-state index is 12.3. The molecule has 0 bridgehead atoms. The van der Waals surface area contributed by atoms with Crippen molar-refractivity contribution in [1.82, 2.24) is 10.2 Å². The SMILES string of the molecule is CCc1ccccc1NC(=O)CNC(=O)c1ccc(CN2CCCC2=O)cc1. The largest absolute Gasteiger partial charge is 0.343 e. The number of hydrogen-bond donors (Lipinski definition) is 2. The Labute approximate surface area is 164 Å². The van der Waals surface area contributed by atoms with E-state index in [0.29, 0.717) is 18.5 Å². The summed E-state index contributed by atoms with van der Waals surface area (Å²) in [5, 5.41) is 5.47. The van der Waals surface area contributed by atoms with Crippen molar-refractivity contribution in [2.45, 2.75) is 32.7 Å². The molecule has 0 spiro atoms. The third-order valence-corrected chi connectivity index (χ3v) is 4.84. The molecule has 0 saturated carbocycles. The molecule has 0 aliphatic carbocycles. The second-order valence-corrected chi connectivity index (χ2v) is 6.86. The van der Waals surface area contributed by atoms with Crippen LogP contribution in [-0.2, 0) is 22.6 Å². The van der Waals surface area contributed by atoms with Crippen LogP contribution in [-0.4, -0.2) is 35.7 Å².